The van der Waals surface area contributed by atoms with Gasteiger partial charge in [-0.3, -0.25) is 4.79 Å². The highest BCUT2D eigenvalue weighted by molar-refractivity contribution is 6.05. The summed E-state index contributed by atoms with van der Waals surface area (Å²) in [4.78, 5) is 14.6. The minimum absolute atomic E-state index is 0.224. The quantitative estimate of drug-likeness (QED) is 0.676. The van der Waals surface area contributed by atoms with Crippen molar-refractivity contribution in [2.75, 3.05) is 7.11 Å². The molecule has 0 aromatic heterocycles. The largest absolute Gasteiger partial charge is 0.503 e. The number of rotatable bonds is 5. The fourth-order valence-electron chi connectivity index (χ4n) is 3.73. The summed E-state index contributed by atoms with van der Waals surface area (Å²) in [6.07, 6.45) is 0. The van der Waals surface area contributed by atoms with Crippen LogP contribution in [0.15, 0.2) is 84.6 Å². The highest BCUT2D eigenvalue weighted by atomic mass is 19.1. The Labute approximate surface area is 168 Å². The minimum atomic E-state index is -0.536. The number of hydrogen-bond donors (Lipinski definition) is 1. The van der Waals surface area contributed by atoms with Crippen molar-refractivity contribution in [3.63, 3.8) is 0 Å². The number of aliphatic hydroxyl groups excluding tert-OH is 1. The van der Waals surface area contributed by atoms with E-state index in [0.29, 0.717) is 11.3 Å². The van der Waals surface area contributed by atoms with E-state index in [2.05, 4.69) is 0 Å². The fourth-order valence-corrected chi connectivity index (χ4v) is 3.73. The van der Waals surface area contributed by atoms with Gasteiger partial charge in [0.25, 0.3) is 5.91 Å². The molecule has 29 heavy (non-hydrogen) atoms. The lowest BCUT2D eigenvalue weighted by atomic mass is 9.92. The van der Waals surface area contributed by atoms with Crippen molar-refractivity contribution in [2.24, 2.45) is 0 Å². The molecule has 0 aliphatic carbocycles. The number of carbonyl (C=O) groups is 1. The fraction of sp³-hybridized carbons (Fsp3) is 0.125. The lowest BCUT2D eigenvalue weighted by molar-refractivity contribution is -0.130. The summed E-state index contributed by atoms with van der Waals surface area (Å²) in [6.45, 7) is 0.224. The first-order valence-electron chi connectivity index (χ1n) is 9.27. The monoisotopic (exact) mass is 389 g/mol. The molecule has 146 valence electrons. The Kier molecular flexibility index (Phi) is 5.04. The van der Waals surface area contributed by atoms with Crippen LogP contribution in [-0.2, 0) is 11.3 Å². The van der Waals surface area contributed by atoms with E-state index in [1.807, 2.05) is 54.6 Å². The Balaban J connectivity index is 1.84. The van der Waals surface area contributed by atoms with E-state index in [1.54, 1.807) is 24.1 Å². The average molecular weight is 389 g/mol. The van der Waals surface area contributed by atoms with Gasteiger partial charge in [-0.2, -0.15) is 0 Å². The summed E-state index contributed by atoms with van der Waals surface area (Å²) < 4.78 is 18.9. The van der Waals surface area contributed by atoms with Gasteiger partial charge in [0.2, 0.25) is 0 Å². The van der Waals surface area contributed by atoms with Gasteiger partial charge in [-0.15, -0.1) is 0 Å². The zero-order chi connectivity index (χ0) is 20.4. The molecule has 1 aliphatic rings. The molecule has 5 heteroatoms. The number of aliphatic hydroxyl groups is 1. The third kappa shape index (κ3) is 3.47. The van der Waals surface area contributed by atoms with E-state index in [9.17, 15) is 14.3 Å². The van der Waals surface area contributed by atoms with Gasteiger partial charge in [0.15, 0.2) is 5.76 Å². The second-order valence-electron chi connectivity index (χ2n) is 6.83. The summed E-state index contributed by atoms with van der Waals surface area (Å²) >= 11 is 0. The number of hydrogen-bond acceptors (Lipinski definition) is 3. The lowest BCUT2D eigenvalue weighted by Gasteiger charge is -2.28. The van der Waals surface area contributed by atoms with Gasteiger partial charge in [0.05, 0.1) is 13.2 Å². The highest BCUT2D eigenvalue weighted by Crippen LogP contribution is 2.46. The molecular formula is C24H20FNO3. The lowest BCUT2D eigenvalue weighted by Crippen LogP contribution is -2.30. The predicted molar refractivity (Wildman–Crippen MR) is 109 cm³/mol. The Morgan fingerprint density at radius 2 is 1.62 bits per heavy atom. The maximum atomic E-state index is 13.3. The van der Waals surface area contributed by atoms with E-state index in [1.165, 1.54) is 12.1 Å². The maximum absolute atomic E-state index is 13.3. The Hall–Kier alpha value is -3.60. The molecule has 0 radical (unpaired) electrons. The van der Waals surface area contributed by atoms with Gasteiger partial charge in [0, 0.05) is 17.7 Å². The molecule has 1 aliphatic heterocycles. The Morgan fingerprint density at radius 3 is 2.31 bits per heavy atom. The molecule has 0 saturated heterocycles. The molecular weight excluding hydrogens is 369 g/mol. The average Bonchev–Trinajstić information content (AvgIpc) is 3.00. The van der Waals surface area contributed by atoms with Crippen LogP contribution in [0.1, 0.15) is 22.7 Å². The van der Waals surface area contributed by atoms with Gasteiger partial charge < -0.3 is 14.7 Å². The highest BCUT2D eigenvalue weighted by Gasteiger charge is 2.42. The zero-order valence-electron chi connectivity index (χ0n) is 15.9. The third-order valence-electron chi connectivity index (χ3n) is 5.09. The van der Waals surface area contributed by atoms with E-state index in [-0.39, 0.29) is 18.1 Å². The summed E-state index contributed by atoms with van der Waals surface area (Å²) in [5.74, 6) is -0.468. The first kappa shape index (κ1) is 18.7. The molecule has 0 fully saturated rings. The van der Waals surface area contributed by atoms with Crippen LogP contribution in [0.25, 0.3) is 5.57 Å². The van der Waals surface area contributed by atoms with Crippen molar-refractivity contribution in [3.8, 4) is 5.75 Å². The molecule has 4 nitrogen and oxygen atoms in total. The van der Waals surface area contributed by atoms with Crippen LogP contribution in [0.2, 0.25) is 0 Å². The van der Waals surface area contributed by atoms with Crippen molar-refractivity contribution in [1.29, 1.82) is 0 Å². The van der Waals surface area contributed by atoms with Crippen LogP contribution >= 0.6 is 0 Å². The molecule has 3 aromatic rings. The van der Waals surface area contributed by atoms with Gasteiger partial charge >= 0.3 is 0 Å². The van der Waals surface area contributed by atoms with Crippen molar-refractivity contribution in [1.82, 2.24) is 4.90 Å². The van der Waals surface area contributed by atoms with E-state index >= 15 is 0 Å². The van der Waals surface area contributed by atoms with Crippen LogP contribution in [0.3, 0.4) is 0 Å². The predicted octanol–water partition coefficient (Wildman–Crippen LogP) is 4.89. The van der Waals surface area contributed by atoms with Gasteiger partial charge in [0.1, 0.15) is 11.6 Å². The van der Waals surface area contributed by atoms with Crippen molar-refractivity contribution < 1.29 is 19.0 Å². The van der Waals surface area contributed by atoms with Crippen LogP contribution in [0.4, 0.5) is 4.39 Å². The van der Waals surface area contributed by atoms with E-state index < -0.39 is 11.9 Å². The molecule has 0 unspecified atom stereocenters. The first-order valence-corrected chi connectivity index (χ1v) is 9.27. The minimum Gasteiger partial charge on any atom is -0.503 e. The number of para-hydroxylation sites is 1. The summed E-state index contributed by atoms with van der Waals surface area (Å²) in [6, 6.07) is 22.2. The second kappa shape index (κ2) is 7.80. The van der Waals surface area contributed by atoms with Crippen molar-refractivity contribution >= 4 is 11.5 Å². The molecule has 1 N–H and O–H groups in total. The number of amides is 1. The maximum Gasteiger partial charge on any atom is 0.290 e. The number of ether oxygens (including phenoxy) is 1. The van der Waals surface area contributed by atoms with Crippen molar-refractivity contribution in [3.05, 3.63) is 107 Å². The molecule has 4 rings (SSSR count). The zero-order valence-corrected chi connectivity index (χ0v) is 15.9. The summed E-state index contributed by atoms with van der Waals surface area (Å²) in [7, 11) is 1.58. The molecule has 0 bridgehead atoms. The number of halogens is 1. The van der Waals surface area contributed by atoms with Crippen LogP contribution < -0.4 is 4.74 Å². The normalized spacial score (nSPS) is 16.4. The van der Waals surface area contributed by atoms with Gasteiger partial charge in [-0.25, -0.2) is 4.39 Å². The van der Waals surface area contributed by atoms with Crippen LogP contribution in [0, 0.1) is 5.82 Å². The molecule has 1 heterocycles. The smallest absolute Gasteiger partial charge is 0.290 e. The number of benzene rings is 3. The Bertz CT molecular complexity index is 1060. The van der Waals surface area contributed by atoms with Crippen molar-refractivity contribution in [2.45, 2.75) is 12.6 Å². The first-order chi connectivity index (χ1) is 14.1. The topological polar surface area (TPSA) is 49.8 Å². The number of nitrogens with zero attached hydrogens (tertiary/aromatic N) is 1. The van der Waals surface area contributed by atoms with E-state index in [4.69, 9.17) is 4.74 Å². The van der Waals surface area contributed by atoms with Crippen LogP contribution in [-0.4, -0.2) is 23.0 Å². The van der Waals surface area contributed by atoms with E-state index in [0.717, 1.165) is 16.7 Å². The number of methoxy groups -OCH3 is 1. The van der Waals surface area contributed by atoms with Gasteiger partial charge in [-0.1, -0.05) is 60.7 Å². The molecule has 1 amide bonds. The Morgan fingerprint density at radius 1 is 0.966 bits per heavy atom. The summed E-state index contributed by atoms with van der Waals surface area (Å²) in [5.41, 5.74) is 2.83. The molecule has 1 atom stereocenters. The standard InChI is InChI=1S/C24H20FNO3/c1-29-20-10-6-5-9-19(20)22-21(17-7-3-2-4-8-17)23(27)24(28)26(22)15-16-11-13-18(25)14-12-16/h2-14,22,27H,15H2,1H3/t22-/m0/s1. The summed E-state index contributed by atoms with van der Waals surface area (Å²) in [5, 5.41) is 10.8. The number of carbonyl (C=O) groups excluding carboxylic acids is 1. The third-order valence-corrected chi connectivity index (χ3v) is 5.09. The second-order valence-corrected chi connectivity index (χ2v) is 6.83. The molecule has 3 aromatic carbocycles. The molecule has 0 spiro atoms. The molecule has 0 saturated carbocycles. The van der Waals surface area contributed by atoms with Gasteiger partial charge in [-0.05, 0) is 29.3 Å². The SMILES string of the molecule is COc1ccccc1[C@H]1C(c2ccccc2)=C(O)C(=O)N1Cc1ccc(F)cc1. The van der Waals surface area contributed by atoms with Crippen LogP contribution in [0.5, 0.6) is 5.75 Å².